The number of nitro benzene ring substituents is 1. The van der Waals surface area contributed by atoms with Gasteiger partial charge in [-0.3, -0.25) is 19.8 Å². The molecule has 0 aromatic heterocycles. The summed E-state index contributed by atoms with van der Waals surface area (Å²) in [7, 11) is 0. The normalized spacial score (nSPS) is 20.2. The van der Waals surface area contributed by atoms with E-state index in [0.29, 0.717) is 17.6 Å². The van der Waals surface area contributed by atoms with Crippen LogP contribution in [0.3, 0.4) is 0 Å². The first-order valence-corrected chi connectivity index (χ1v) is 9.93. The van der Waals surface area contributed by atoms with Gasteiger partial charge in [-0.05, 0) is 37.0 Å². The number of nitrogens with zero attached hydrogens (tertiary/aromatic N) is 3. The third-order valence-corrected chi connectivity index (χ3v) is 5.77. The summed E-state index contributed by atoms with van der Waals surface area (Å²) in [6.07, 6.45) is 3.15. The van der Waals surface area contributed by atoms with E-state index >= 15 is 0 Å². The summed E-state index contributed by atoms with van der Waals surface area (Å²) in [6, 6.07) is 14.8. The zero-order chi connectivity index (χ0) is 19.7. The Labute approximate surface area is 168 Å². The quantitative estimate of drug-likeness (QED) is 0.566. The highest BCUT2D eigenvalue weighted by atomic mass is 35.5. The Balaban J connectivity index is 1.63. The van der Waals surface area contributed by atoms with E-state index in [0.717, 1.165) is 25.1 Å². The summed E-state index contributed by atoms with van der Waals surface area (Å²) < 4.78 is 0. The van der Waals surface area contributed by atoms with Gasteiger partial charge in [0.25, 0.3) is 11.6 Å². The minimum Gasteiger partial charge on any atom is -0.333 e. The lowest BCUT2D eigenvalue weighted by Crippen LogP contribution is -2.56. The SMILES string of the molecule is O=C(c1cc(Cl)ccc1[N+](=O)[O-])N1CCN(C2CC2)CC1Cc1ccccc1. The van der Waals surface area contributed by atoms with Crippen LogP contribution in [0.2, 0.25) is 5.02 Å². The van der Waals surface area contributed by atoms with Gasteiger partial charge < -0.3 is 4.90 Å². The topological polar surface area (TPSA) is 66.7 Å². The Morgan fingerprint density at radius 3 is 2.57 bits per heavy atom. The van der Waals surface area contributed by atoms with E-state index in [1.165, 1.54) is 31.0 Å². The van der Waals surface area contributed by atoms with Crippen LogP contribution in [0.1, 0.15) is 28.8 Å². The minimum absolute atomic E-state index is 0.0252. The first kappa shape index (κ1) is 18.9. The van der Waals surface area contributed by atoms with Crippen LogP contribution in [0.4, 0.5) is 5.69 Å². The van der Waals surface area contributed by atoms with E-state index in [2.05, 4.69) is 17.0 Å². The van der Waals surface area contributed by atoms with Crippen molar-refractivity contribution in [2.75, 3.05) is 19.6 Å². The van der Waals surface area contributed by atoms with E-state index in [1.807, 2.05) is 18.2 Å². The standard InChI is InChI=1S/C21H22ClN3O3/c22-16-6-9-20(25(27)28)19(13-16)21(26)24-11-10-23(17-7-8-17)14-18(24)12-15-4-2-1-3-5-15/h1-6,9,13,17-18H,7-8,10-12,14H2. The number of piperazine rings is 1. The van der Waals surface area contributed by atoms with Gasteiger partial charge in [0.1, 0.15) is 5.56 Å². The monoisotopic (exact) mass is 399 g/mol. The van der Waals surface area contributed by atoms with E-state index in [4.69, 9.17) is 11.6 Å². The predicted octanol–water partition coefficient (Wildman–Crippen LogP) is 3.78. The molecule has 1 saturated carbocycles. The minimum atomic E-state index is -0.518. The maximum atomic E-state index is 13.3. The Morgan fingerprint density at radius 2 is 1.89 bits per heavy atom. The summed E-state index contributed by atoms with van der Waals surface area (Å²) in [5.41, 5.74) is 1.02. The molecular weight excluding hydrogens is 378 g/mol. The molecule has 1 saturated heterocycles. The molecule has 146 valence electrons. The fraction of sp³-hybridized carbons (Fsp3) is 0.381. The number of carbonyl (C=O) groups is 1. The summed E-state index contributed by atoms with van der Waals surface area (Å²) in [5.74, 6) is -0.314. The highest BCUT2D eigenvalue weighted by Gasteiger charge is 2.38. The number of halogens is 1. The Kier molecular flexibility index (Phi) is 5.33. The fourth-order valence-corrected chi connectivity index (χ4v) is 4.14. The second kappa shape index (κ2) is 7.89. The average Bonchev–Trinajstić information content (AvgIpc) is 3.53. The Hall–Kier alpha value is -2.44. The zero-order valence-corrected chi connectivity index (χ0v) is 16.2. The first-order chi connectivity index (χ1) is 13.5. The second-order valence-electron chi connectivity index (χ2n) is 7.49. The number of carbonyl (C=O) groups excluding carboxylic acids is 1. The first-order valence-electron chi connectivity index (χ1n) is 9.56. The van der Waals surface area contributed by atoms with Crippen LogP contribution in [-0.4, -0.2) is 52.3 Å². The van der Waals surface area contributed by atoms with Crippen molar-refractivity contribution in [2.45, 2.75) is 31.3 Å². The average molecular weight is 400 g/mol. The van der Waals surface area contributed by atoms with Crippen LogP contribution < -0.4 is 0 Å². The second-order valence-corrected chi connectivity index (χ2v) is 7.92. The van der Waals surface area contributed by atoms with Gasteiger partial charge in [-0.2, -0.15) is 0 Å². The van der Waals surface area contributed by atoms with Crippen LogP contribution in [0.25, 0.3) is 0 Å². The van der Waals surface area contributed by atoms with Gasteiger partial charge in [0, 0.05) is 42.8 Å². The van der Waals surface area contributed by atoms with Crippen LogP contribution in [0.15, 0.2) is 48.5 Å². The molecular formula is C21H22ClN3O3. The number of rotatable bonds is 5. The van der Waals surface area contributed by atoms with E-state index in [-0.39, 0.29) is 23.2 Å². The lowest BCUT2D eigenvalue weighted by Gasteiger charge is -2.42. The molecule has 1 unspecified atom stereocenters. The zero-order valence-electron chi connectivity index (χ0n) is 15.5. The van der Waals surface area contributed by atoms with Crippen LogP contribution in [0.5, 0.6) is 0 Å². The maximum absolute atomic E-state index is 13.3. The van der Waals surface area contributed by atoms with Gasteiger partial charge in [0.05, 0.1) is 4.92 Å². The number of hydrogen-bond donors (Lipinski definition) is 0. The number of amides is 1. The van der Waals surface area contributed by atoms with Gasteiger partial charge in [0.2, 0.25) is 0 Å². The summed E-state index contributed by atoms with van der Waals surface area (Å²) in [6.45, 7) is 2.16. The maximum Gasteiger partial charge on any atom is 0.282 e. The molecule has 2 aromatic carbocycles. The lowest BCUT2D eigenvalue weighted by atomic mass is 10.0. The van der Waals surface area contributed by atoms with Crippen LogP contribution in [0, 0.1) is 10.1 Å². The summed E-state index contributed by atoms with van der Waals surface area (Å²) in [5, 5.41) is 11.8. The van der Waals surface area contributed by atoms with Gasteiger partial charge in [-0.15, -0.1) is 0 Å². The third-order valence-electron chi connectivity index (χ3n) is 5.54. The van der Waals surface area contributed by atoms with Crippen molar-refractivity contribution in [3.63, 3.8) is 0 Å². The molecule has 2 fully saturated rings. The molecule has 2 aliphatic rings. The number of benzene rings is 2. The number of nitro groups is 1. The van der Waals surface area contributed by atoms with Crippen molar-refractivity contribution in [1.29, 1.82) is 0 Å². The highest BCUT2D eigenvalue weighted by molar-refractivity contribution is 6.31. The third kappa shape index (κ3) is 4.03. The molecule has 28 heavy (non-hydrogen) atoms. The number of hydrogen-bond acceptors (Lipinski definition) is 4. The smallest absolute Gasteiger partial charge is 0.282 e. The van der Waals surface area contributed by atoms with Crippen molar-refractivity contribution in [2.24, 2.45) is 0 Å². The molecule has 1 heterocycles. The summed E-state index contributed by atoms with van der Waals surface area (Å²) in [4.78, 5) is 28.5. The molecule has 1 aliphatic carbocycles. The molecule has 4 rings (SSSR count). The van der Waals surface area contributed by atoms with Gasteiger partial charge in [0.15, 0.2) is 0 Å². The van der Waals surface area contributed by atoms with Crippen molar-refractivity contribution in [3.8, 4) is 0 Å². The van der Waals surface area contributed by atoms with Crippen molar-refractivity contribution >= 4 is 23.2 Å². The Morgan fingerprint density at radius 1 is 1.14 bits per heavy atom. The molecule has 1 amide bonds. The van der Waals surface area contributed by atoms with Gasteiger partial charge in [-0.1, -0.05) is 41.9 Å². The molecule has 1 aliphatic heterocycles. The van der Waals surface area contributed by atoms with Crippen LogP contribution in [-0.2, 0) is 6.42 Å². The molecule has 0 radical (unpaired) electrons. The largest absolute Gasteiger partial charge is 0.333 e. The molecule has 6 nitrogen and oxygen atoms in total. The van der Waals surface area contributed by atoms with Crippen molar-refractivity contribution in [3.05, 3.63) is 74.8 Å². The predicted molar refractivity (Wildman–Crippen MR) is 108 cm³/mol. The fourth-order valence-electron chi connectivity index (χ4n) is 3.97. The molecule has 0 spiro atoms. The van der Waals surface area contributed by atoms with E-state index < -0.39 is 4.92 Å². The van der Waals surface area contributed by atoms with Crippen molar-refractivity contribution in [1.82, 2.24) is 9.80 Å². The van der Waals surface area contributed by atoms with Crippen LogP contribution >= 0.6 is 11.6 Å². The van der Waals surface area contributed by atoms with Crippen molar-refractivity contribution < 1.29 is 9.72 Å². The molecule has 1 atom stereocenters. The highest BCUT2D eigenvalue weighted by Crippen LogP contribution is 2.31. The lowest BCUT2D eigenvalue weighted by molar-refractivity contribution is -0.385. The van der Waals surface area contributed by atoms with Gasteiger partial charge >= 0.3 is 0 Å². The molecule has 2 aromatic rings. The summed E-state index contributed by atoms with van der Waals surface area (Å²) >= 11 is 6.04. The van der Waals surface area contributed by atoms with E-state index in [9.17, 15) is 14.9 Å². The molecule has 0 N–H and O–H groups in total. The molecule has 0 bridgehead atoms. The van der Waals surface area contributed by atoms with Gasteiger partial charge in [-0.25, -0.2) is 0 Å². The van der Waals surface area contributed by atoms with E-state index in [1.54, 1.807) is 4.90 Å². The Bertz CT molecular complexity index is 886. The molecule has 7 heteroatoms.